The molecule has 0 aliphatic rings. The fraction of sp³-hybridized carbons (Fsp3) is 0.467. The quantitative estimate of drug-likeness (QED) is 0.571. The van der Waals surface area contributed by atoms with E-state index < -0.39 is 0 Å². The molecular formula is C15H22BrNO. The van der Waals surface area contributed by atoms with E-state index in [-0.39, 0.29) is 0 Å². The minimum absolute atomic E-state index is 0.499. The van der Waals surface area contributed by atoms with Gasteiger partial charge in [-0.15, -0.1) is 6.58 Å². The number of hydrogen-bond donors (Lipinski definition) is 1. The van der Waals surface area contributed by atoms with Gasteiger partial charge in [0.05, 0.1) is 11.1 Å². The molecule has 0 aromatic heterocycles. The summed E-state index contributed by atoms with van der Waals surface area (Å²) in [6.07, 6.45) is 3.92. The smallest absolute Gasteiger partial charge is 0.133 e. The Bertz CT molecular complexity index is 377. The molecule has 0 spiro atoms. The molecule has 1 aromatic rings. The highest BCUT2D eigenvalue weighted by molar-refractivity contribution is 9.10. The SMILES string of the molecule is C=CCCCOc1ccc(CNC(C)C)cc1Br. The zero-order valence-corrected chi connectivity index (χ0v) is 12.8. The van der Waals surface area contributed by atoms with Crippen LogP contribution in [0, 0.1) is 0 Å². The molecule has 0 aliphatic carbocycles. The van der Waals surface area contributed by atoms with Gasteiger partial charge in [-0.2, -0.15) is 0 Å². The van der Waals surface area contributed by atoms with Crippen LogP contribution in [0.2, 0.25) is 0 Å². The molecule has 0 amide bonds. The second-order valence-electron chi connectivity index (χ2n) is 4.58. The first-order valence-electron chi connectivity index (χ1n) is 6.39. The van der Waals surface area contributed by atoms with Gasteiger partial charge < -0.3 is 10.1 Å². The summed E-state index contributed by atoms with van der Waals surface area (Å²) in [5.41, 5.74) is 1.26. The van der Waals surface area contributed by atoms with Crippen molar-refractivity contribution in [2.45, 2.75) is 39.3 Å². The Morgan fingerprint density at radius 3 is 2.83 bits per heavy atom. The molecule has 100 valence electrons. The van der Waals surface area contributed by atoms with Gasteiger partial charge in [-0.1, -0.05) is 26.0 Å². The normalized spacial score (nSPS) is 10.7. The summed E-state index contributed by atoms with van der Waals surface area (Å²) in [5, 5.41) is 3.40. The van der Waals surface area contributed by atoms with E-state index in [1.165, 1.54) is 5.56 Å². The van der Waals surface area contributed by atoms with Gasteiger partial charge in [0.15, 0.2) is 0 Å². The largest absolute Gasteiger partial charge is 0.492 e. The number of nitrogens with one attached hydrogen (secondary N) is 1. The lowest BCUT2D eigenvalue weighted by molar-refractivity contribution is 0.310. The van der Waals surface area contributed by atoms with Gasteiger partial charge in [-0.3, -0.25) is 0 Å². The van der Waals surface area contributed by atoms with Crippen molar-refractivity contribution in [3.05, 3.63) is 40.9 Å². The third kappa shape index (κ3) is 5.69. The molecule has 1 N–H and O–H groups in total. The van der Waals surface area contributed by atoms with Gasteiger partial charge in [0.2, 0.25) is 0 Å². The van der Waals surface area contributed by atoms with Gasteiger partial charge >= 0.3 is 0 Å². The molecule has 0 unspecified atom stereocenters. The van der Waals surface area contributed by atoms with Crippen LogP contribution in [0.1, 0.15) is 32.3 Å². The average Bonchev–Trinajstić information content (AvgIpc) is 2.34. The molecule has 2 nitrogen and oxygen atoms in total. The van der Waals surface area contributed by atoms with Crippen molar-refractivity contribution in [1.29, 1.82) is 0 Å². The number of allylic oxidation sites excluding steroid dienone is 1. The predicted octanol–water partition coefficient (Wildman–Crippen LogP) is 4.29. The van der Waals surface area contributed by atoms with Crippen molar-refractivity contribution in [2.24, 2.45) is 0 Å². The van der Waals surface area contributed by atoms with Crippen molar-refractivity contribution in [2.75, 3.05) is 6.61 Å². The summed E-state index contributed by atoms with van der Waals surface area (Å²) in [6, 6.07) is 6.73. The highest BCUT2D eigenvalue weighted by atomic mass is 79.9. The lowest BCUT2D eigenvalue weighted by Crippen LogP contribution is -2.21. The molecule has 0 atom stereocenters. The molecule has 0 saturated carbocycles. The second-order valence-corrected chi connectivity index (χ2v) is 5.43. The van der Waals surface area contributed by atoms with E-state index in [0.717, 1.165) is 36.2 Å². The van der Waals surface area contributed by atoms with Gasteiger partial charge in [-0.05, 0) is 46.5 Å². The van der Waals surface area contributed by atoms with E-state index in [2.05, 4.69) is 53.8 Å². The number of hydrogen-bond acceptors (Lipinski definition) is 2. The van der Waals surface area contributed by atoms with E-state index in [9.17, 15) is 0 Å². The third-order valence-corrected chi connectivity index (χ3v) is 3.14. The summed E-state index contributed by atoms with van der Waals surface area (Å²) < 4.78 is 6.72. The Balaban J connectivity index is 2.48. The van der Waals surface area contributed by atoms with Crippen LogP contribution in [0.25, 0.3) is 0 Å². The van der Waals surface area contributed by atoms with Crippen LogP contribution in [0.3, 0.4) is 0 Å². The van der Waals surface area contributed by atoms with Crippen LogP contribution in [-0.4, -0.2) is 12.6 Å². The van der Waals surface area contributed by atoms with Crippen molar-refractivity contribution in [1.82, 2.24) is 5.32 Å². The monoisotopic (exact) mass is 311 g/mol. The van der Waals surface area contributed by atoms with E-state index in [1.807, 2.05) is 12.1 Å². The summed E-state index contributed by atoms with van der Waals surface area (Å²) in [4.78, 5) is 0. The first kappa shape index (κ1) is 15.3. The molecule has 0 fully saturated rings. The Morgan fingerprint density at radius 1 is 1.44 bits per heavy atom. The zero-order valence-electron chi connectivity index (χ0n) is 11.2. The van der Waals surface area contributed by atoms with Crippen LogP contribution in [0.4, 0.5) is 0 Å². The molecule has 0 aliphatic heterocycles. The van der Waals surface area contributed by atoms with Crippen LogP contribution >= 0.6 is 15.9 Å². The topological polar surface area (TPSA) is 21.3 Å². The van der Waals surface area contributed by atoms with Crippen LogP contribution in [0.5, 0.6) is 5.75 Å². The Hall–Kier alpha value is -0.800. The molecule has 1 rings (SSSR count). The number of ether oxygens (including phenoxy) is 1. The predicted molar refractivity (Wildman–Crippen MR) is 81.0 cm³/mol. The van der Waals surface area contributed by atoms with E-state index in [0.29, 0.717) is 6.04 Å². The molecule has 0 heterocycles. The summed E-state index contributed by atoms with van der Waals surface area (Å²) in [7, 11) is 0. The van der Waals surface area contributed by atoms with E-state index in [4.69, 9.17) is 4.74 Å². The first-order valence-corrected chi connectivity index (χ1v) is 7.18. The van der Waals surface area contributed by atoms with E-state index >= 15 is 0 Å². The standard InChI is InChI=1S/C15H22BrNO/c1-4-5-6-9-18-15-8-7-13(10-14(15)16)11-17-12(2)3/h4,7-8,10,12,17H,1,5-6,9,11H2,2-3H3. The maximum absolute atomic E-state index is 5.70. The minimum Gasteiger partial charge on any atom is -0.492 e. The highest BCUT2D eigenvalue weighted by Gasteiger charge is 2.03. The molecule has 0 bridgehead atoms. The van der Waals surface area contributed by atoms with E-state index in [1.54, 1.807) is 0 Å². The molecule has 0 radical (unpaired) electrons. The molecule has 0 saturated heterocycles. The lowest BCUT2D eigenvalue weighted by Gasteiger charge is -2.11. The maximum atomic E-state index is 5.70. The minimum atomic E-state index is 0.499. The summed E-state index contributed by atoms with van der Waals surface area (Å²) in [5.74, 6) is 0.910. The van der Waals surface area contributed by atoms with Gasteiger partial charge in [-0.25, -0.2) is 0 Å². The lowest BCUT2D eigenvalue weighted by atomic mass is 10.2. The molecule has 3 heteroatoms. The fourth-order valence-corrected chi connectivity index (χ4v) is 2.04. The maximum Gasteiger partial charge on any atom is 0.133 e. The van der Waals surface area contributed by atoms with Crippen molar-refractivity contribution in [3.63, 3.8) is 0 Å². The van der Waals surface area contributed by atoms with Crippen molar-refractivity contribution in [3.8, 4) is 5.75 Å². The Morgan fingerprint density at radius 2 is 2.22 bits per heavy atom. The van der Waals surface area contributed by atoms with Crippen LogP contribution in [-0.2, 0) is 6.54 Å². The molecule has 18 heavy (non-hydrogen) atoms. The Labute approximate surface area is 119 Å². The molecular weight excluding hydrogens is 290 g/mol. The number of benzene rings is 1. The summed E-state index contributed by atoms with van der Waals surface area (Å²) >= 11 is 3.55. The highest BCUT2D eigenvalue weighted by Crippen LogP contribution is 2.26. The number of rotatable bonds is 8. The summed E-state index contributed by atoms with van der Waals surface area (Å²) in [6.45, 7) is 9.60. The van der Waals surface area contributed by atoms with Gasteiger partial charge in [0.1, 0.15) is 5.75 Å². The third-order valence-electron chi connectivity index (χ3n) is 2.52. The van der Waals surface area contributed by atoms with Crippen molar-refractivity contribution < 1.29 is 4.74 Å². The zero-order chi connectivity index (χ0) is 13.4. The fourth-order valence-electron chi connectivity index (χ4n) is 1.50. The van der Waals surface area contributed by atoms with Crippen LogP contribution < -0.4 is 10.1 Å². The number of halogens is 1. The van der Waals surface area contributed by atoms with Gasteiger partial charge in [0, 0.05) is 12.6 Å². The van der Waals surface area contributed by atoms with Crippen LogP contribution in [0.15, 0.2) is 35.3 Å². The number of unbranched alkanes of at least 4 members (excludes halogenated alkanes) is 1. The first-order chi connectivity index (χ1) is 8.63. The average molecular weight is 312 g/mol. The Kier molecular flexibility index (Phi) is 7.06. The van der Waals surface area contributed by atoms with Crippen molar-refractivity contribution >= 4 is 15.9 Å². The molecule has 1 aromatic carbocycles. The van der Waals surface area contributed by atoms with Gasteiger partial charge in [0.25, 0.3) is 0 Å². The second kappa shape index (κ2) is 8.33.